The third-order valence-corrected chi connectivity index (χ3v) is 3.48. The Kier molecular flexibility index (Phi) is 3.94. The zero-order valence-electron chi connectivity index (χ0n) is 11.5. The number of carbonyl (C=O) groups is 1. The van der Waals surface area contributed by atoms with Crippen LogP contribution in [0, 0.1) is 0 Å². The zero-order valence-corrected chi connectivity index (χ0v) is 11.5. The molecule has 0 bridgehead atoms. The minimum atomic E-state index is -0.409. The molecule has 7 nitrogen and oxygen atoms in total. The van der Waals surface area contributed by atoms with Crippen molar-refractivity contribution in [3.05, 3.63) is 36.7 Å². The van der Waals surface area contributed by atoms with Crippen LogP contribution in [0.4, 0.5) is 5.69 Å². The molecule has 2 heterocycles. The maximum atomic E-state index is 12.1. The van der Waals surface area contributed by atoms with Gasteiger partial charge in [-0.25, -0.2) is 4.68 Å². The van der Waals surface area contributed by atoms with E-state index in [2.05, 4.69) is 15.6 Å². The SMILES string of the molecule is NC[C@H]1CC[C@@H](C(=O)Nc2ccc(-n3ccnn3)cc2)O1. The number of anilines is 1. The molecule has 0 unspecified atom stereocenters. The van der Waals surface area contributed by atoms with Crippen LogP contribution < -0.4 is 11.1 Å². The summed E-state index contributed by atoms with van der Waals surface area (Å²) in [4.78, 5) is 12.1. The fourth-order valence-corrected chi connectivity index (χ4v) is 2.34. The zero-order chi connectivity index (χ0) is 14.7. The number of rotatable bonds is 4. The summed E-state index contributed by atoms with van der Waals surface area (Å²) in [6.07, 6.45) is 4.50. The Labute approximate surface area is 122 Å². The summed E-state index contributed by atoms with van der Waals surface area (Å²) in [7, 11) is 0. The van der Waals surface area contributed by atoms with Crippen LogP contribution in [0.1, 0.15) is 12.8 Å². The van der Waals surface area contributed by atoms with Gasteiger partial charge in [-0.15, -0.1) is 5.10 Å². The second kappa shape index (κ2) is 6.02. The molecule has 3 rings (SSSR count). The highest BCUT2D eigenvalue weighted by Crippen LogP contribution is 2.21. The lowest BCUT2D eigenvalue weighted by Gasteiger charge is -2.13. The standard InChI is InChI=1S/C14H17N5O2/c15-9-12-5-6-13(21-12)14(20)17-10-1-3-11(4-2-10)19-8-7-16-18-19/h1-4,7-8,12-13H,5-6,9,15H2,(H,17,20)/t12-,13+/m1/s1. The van der Waals surface area contributed by atoms with Crippen molar-refractivity contribution in [3.8, 4) is 5.69 Å². The molecule has 3 N–H and O–H groups in total. The minimum Gasteiger partial charge on any atom is -0.364 e. The molecule has 1 amide bonds. The number of carbonyl (C=O) groups excluding carboxylic acids is 1. The van der Waals surface area contributed by atoms with Gasteiger partial charge in [0.1, 0.15) is 6.10 Å². The number of nitrogens with zero attached hydrogens (tertiary/aromatic N) is 3. The van der Waals surface area contributed by atoms with Gasteiger partial charge in [0, 0.05) is 12.2 Å². The van der Waals surface area contributed by atoms with Gasteiger partial charge in [-0.2, -0.15) is 0 Å². The van der Waals surface area contributed by atoms with Gasteiger partial charge in [0.05, 0.1) is 24.2 Å². The fraction of sp³-hybridized carbons (Fsp3) is 0.357. The largest absolute Gasteiger partial charge is 0.364 e. The van der Waals surface area contributed by atoms with E-state index in [0.29, 0.717) is 13.0 Å². The molecule has 1 aromatic heterocycles. The van der Waals surface area contributed by atoms with E-state index in [1.54, 1.807) is 17.1 Å². The summed E-state index contributed by atoms with van der Waals surface area (Å²) in [5.74, 6) is -0.126. The summed E-state index contributed by atoms with van der Waals surface area (Å²) in [5.41, 5.74) is 7.15. The first-order valence-corrected chi connectivity index (χ1v) is 6.89. The first-order valence-electron chi connectivity index (χ1n) is 6.89. The Bertz CT molecular complexity index is 596. The van der Waals surface area contributed by atoms with Gasteiger partial charge in [0.2, 0.25) is 0 Å². The predicted octanol–water partition coefficient (Wildman–Crippen LogP) is 0.712. The Morgan fingerprint density at radius 3 is 2.81 bits per heavy atom. The monoisotopic (exact) mass is 287 g/mol. The Hall–Kier alpha value is -2.25. The number of amides is 1. The molecular weight excluding hydrogens is 270 g/mol. The lowest BCUT2D eigenvalue weighted by molar-refractivity contribution is -0.126. The second-order valence-corrected chi connectivity index (χ2v) is 4.94. The van der Waals surface area contributed by atoms with Gasteiger partial charge in [0.25, 0.3) is 5.91 Å². The van der Waals surface area contributed by atoms with Gasteiger partial charge in [-0.3, -0.25) is 4.79 Å². The molecular formula is C14H17N5O2. The van der Waals surface area contributed by atoms with Crippen molar-refractivity contribution in [2.75, 3.05) is 11.9 Å². The summed E-state index contributed by atoms with van der Waals surface area (Å²) < 4.78 is 7.22. The first-order chi connectivity index (χ1) is 10.3. The first kappa shape index (κ1) is 13.7. The van der Waals surface area contributed by atoms with Crippen LogP contribution in [0.5, 0.6) is 0 Å². The van der Waals surface area contributed by atoms with Gasteiger partial charge in [0.15, 0.2) is 0 Å². The summed E-state index contributed by atoms with van der Waals surface area (Å²) in [6, 6.07) is 7.37. The van der Waals surface area contributed by atoms with Crippen LogP contribution in [0.15, 0.2) is 36.7 Å². The van der Waals surface area contributed by atoms with E-state index in [1.807, 2.05) is 24.3 Å². The van der Waals surface area contributed by atoms with Crippen LogP contribution in [0.25, 0.3) is 5.69 Å². The molecule has 110 valence electrons. The van der Waals surface area contributed by atoms with Crippen molar-refractivity contribution in [2.24, 2.45) is 5.73 Å². The number of aromatic nitrogens is 3. The molecule has 1 aromatic carbocycles. The minimum absolute atomic E-state index is 0.00422. The maximum absolute atomic E-state index is 12.1. The molecule has 1 saturated heterocycles. The summed E-state index contributed by atoms with van der Waals surface area (Å²) >= 11 is 0. The maximum Gasteiger partial charge on any atom is 0.253 e. The number of ether oxygens (including phenoxy) is 1. The average Bonchev–Trinajstić information content (AvgIpc) is 3.19. The third-order valence-electron chi connectivity index (χ3n) is 3.48. The van der Waals surface area contributed by atoms with E-state index in [0.717, 1.165) is 17.8 Å². The quantitative estimate of drug-likeness (QED) is 0.863. The number of nitrogens with two attached hydrogens (primary N) is 1. The average molecular weight is 287 g/mol. The van der Waals surface area contributed by atoms with Crippen LogP contribution in [0.2, 0.25) is 0 Å². The van der Waals surface area contributed by atoms with Gasteiger partial charge < -0.3 is 15.8 Å². The molecule has 2 aromatic rings. The molecule has 0 radical (unpaired) electrons. The van der Waals surface area contributed by atoms with Crippen LogP contribution >= 0.6 is 0 Å². The van der Waals surface area contributed by atoms with Crippen molar-refractivity contribution in [3.63, 3.8) is 0 Å². The van der Waals surface area contributed by atoms with Crippen molar-refractivity contribution in [1.29, 1.82) is 0 Å². The number of nitrogens with one attached hydrogen (secondary N) is 1. The van der Waals surface area contributed by atoms with E-state index in [9.17, 15) is 4.79 Å². The lowest BCUT2D eigenvalue weighted by Crippen LogP contribution is -2.29. The van der Waals surface area contributed by atoms with Crippen LogP contribution in [0.3, 0.4) is 0 Å². The molecule has 1 fully saturated rings. The Balaban J connectivity index is 1.62. The molecule has 0 spiro atoms. The molecule has 0 saturated carbocycles. The van der Waals surface area contributed by atoms with Crippen LogP contribution in [-0.4, -0.2) is 39.7 Å². The topological polar surface area (TPSA) is 95.1 Å². The number of benzene rings is 1. The van der Waals surface area contributed by atoms with Crippen molar-refractivity contribution < 1.29 is 9.53 Å². The summed E-state index contributed by atoms with van der Waals surface area (Å²) in [6.45, 7) is 0.455. The van der Waals surface area contributed by atoms with E-state index in [1.165, 1.54) is 0 Å². The Morgan fingerprint density at radius 2 is 2.19 bits per heavy atom. The predicted molar refractivity (Wildman–Crippen MR) is 76.9 cm³/mol. The van der Waals surface area contributed by atoms with Crippen molar-refractivity contribution >= 4 is 11.6 Å². The van der Waals surface area contributed by atoms with Crippen LogP contribution in [-0.2, 0) is 9.53 Å². The second-order valence-electron chi connectivity index (χ2n) is 4.94. The highest BCUT2D eigenvalue weighted by molar-refractivity contribution is 5.94. The van der Waals surface area contributed by atoms with Crippen molar-refractivity contribution in [2.45, 2.75) is 25.0 Å². The van der Waals surface area contributed by atoms with E-state index in [4.69, 9.17) is 10.5 Å². The highest BCUT2D eigenvalue weighted by Gasteiger charge is 2.29. The molecule has 21 heavy (non-hydrogen) atoms. The summed E-state index contributed by atoms with van der Waals surface area (Å²) in [5, 5.41) is 10.5. The van der Waals surface area contributed by atoms with Crippen molar-refractivity contribution in [1.82, 2.24) is 15.0 Å². The van der Waals surface area contributed by atoms with E-state index in [-0.39, 0.29) is 12.0 Å². The Morgan fingerprint density at radius 1 is 1.38 bits per heavy atom. The normalized spacial score (nSPS) is 21.4. The van der Waals surface area contributed by atoms with Gasteiger partial charge in [-0.05, 0) is 37.1 Å². The number of hydrogen-bond donors (Lipinski definition) is 2. The highest BCUT2D eigenvalue weighted by atomic mass is 16.5. The lowest BCUT2D eigenvalue weighted by atomic mass is 10.2. The third kappa shape index (κ3) is 3.09. The molecule has 0 aliphatic carbocycles. The molecule has 7 heteroatoms. The smallest absolute Gasteiger partial charge is 0.253 e. The van der Waals surface area contributed by atoms with E-state index >= 15 is 0 Å². The number of hydrogen-bond acceptors (Lipinski definition) is 5. The fourth-order valence-electron chi connectivity index (χ4n) is 2.34. The van der Waals surface area contributed by atoms with Gasteiger partial charge in [-0.1, -0.05) is 5.21 Å². The molecule has 1 aliphatic rings. The molecule has 2 atom stereocenters. The van der Waals surface area contributed by atoms with Gasteiger partial charge >= 0.3 is 0 Å². The molecule has 1 aliphatic heterocycles. The van der Waals surface area contributed by atoms with E-state index < -0.39 is 6.10 Å².